The van der Waals surface area contributed by atoms with Crippen LogP contribution in [0, 0.1) is 0 Å². The summed E-state index contributed by atoms with van der Waals surface area (Å²) in [6.45, 7) is 2.08. The molecule has 74 valence electrons. The van der Waals surface area contributed by atoms with E-state index in [4.69, 9.17) is 5.11 Å². The normalized spacial score (nSPS) is 17.1. The fourth-order valence-electron chi connectivity index (χ4n) is 1.61. The molecule has 1 nitrogen and oxygen atoms in total. The highest BCUT2D eigenvalue weighted by atomic mass is 16.3. The Hall–Kier alpha value is -1.08. The fourth-order valence-corrected chi connectivity index (χ4v) is 1.61. The summed E-state index contributed by atoms with van der Waals surface area (Å²) in [6.07, 6.45) is 4.73. The molecule has 0 aliphatic heterocycles. The van der Waals surface area contributed by atoms with Crippen LogP contribution in [0.1, 0.15) is 36.8 Å². The Morgan fingerprint density at radius 3 is 2.50 bits per heavy atom. The maximum absolute atomic E-state index is 8.88. The van der Waals surface area contributed by atoms with Gasteiger partial charge in [-0.3, -0.25) is 0 Å². The summed E-state index contributed by atoms with van der Waals surface area (Å²) in [7, 11) is 0. The van der Waals surface area contributed by atoms with Gasteiger partial charge in [0, 0.05) is 0 Å². The van der Waals surface area contributed by atoms with Crippen LogP contribution in [0.15, 0.2) is 29.8 Å². The molecule has 1 saturated carbocycles. The van der Waals surface area contributed by atoms with Gasteiger partial charge in [0.25, 0.3) is 0 Å². The zero-order valence-electron chi connectivity index (χ0n) is 8.53. The third kappa shape index (κ3) is 2.24. The van der Waals surface area contributed by atoms with Crippen molar-refractivity contribution in [3.8, 4) is 0 Å². The van der Waals surface area contributed by atoms with E-state index in [2.05, 4.69) is 24.3 Å². The van der Waals surface area contributed by atoms with Gasteiger partial charge in [0.2, 0.25) is 0 Å². The number of hydrogen-bond acceptors (Lipinski definition) is 1. The zero-order chi connectivity index (χ0) is 9.97. The van der Waals surface area contributed by atoms with E-state index >= 15 is 0 Å². The van der Waals surface area contributed by atoms with Gasteiger partial charge >= 0.3 is 0 Å². The predicted molar refractivity (Wildman–Crippen MR) is 59.2 cm³/mol. The summed E-state index contributed by atoms with van der Waals surface area (Å²) < 4.78 is 0. The average molecular weight is 188 g/mol. The summed E-state index contributed by atoms with van der Waals surface area (Å²) in [5.74, 6) is 0.826. The number of hydrogen-bond donors (Lipinski definition) is 1. The molecular weight excluding hydrogens is 172 g/mol. The molecule has 0 amide bonds. The molecule has 0 bridgehead atoms. The van der Waals surface area contributed by atoms with Crippen LogP contribution >= 0.6 is 0 Å². The molecule has 1 heteroatoms. The summed E-state index contributed by atoms with van der Waals surface area (Å²) in [5, 5.41) is 8.88. The van der Waals surface area contributed by atoms with E-state index < -0.39 is 0 Å². The largest absolute Gasteiger partial charge is 0.392 e. The number of benzene rings is 1. The Morgan fingerprint density at radius 2 is 2.00 bits per heavy atom. The third-order valence-corrected chi connectivity index (χ3v) is 2.65. The Labute approximate surface area is 85.1 Å². The van der Waals surface area contributed by atoms with Crippen molar-refractivity contribution in [1.29, 1.82) is 0 Å². The minimum Gasteiger partial charge on any atom is -0.392 e. The topological polar surface area (TPSA) is 20.2 Å². The van der Waals surface area contributed by atoms with Crippen molar-refractivity contribution in [3.63, 3.8) is 0 Å². The highest BCUT2D eigenvalue weighted by Gasteiger charge is 2.22. The minimum atomic E-state index is 0.143. The van der Waals surface area contributed by atoms with Crippen LogP contribution in [0.3, 0.4) is 0 Å². The van der Waals surface area contributed by atoms with Gasteiger partial charge in [-0.05, 0) is 42.4 Å². The summed E-state index contributed by atoms with van der Waals surface area (Å²) >= 11 is 0. The van der Waals surface area contributed by atoms with Crippen LogP contribution in [-0.2, 0) is 0 Å². The van der Waals surface area contributed by atoms with Crippen molar-refractivity contribution in [1.82, 2.24) is 0 Å². The number of rotatable bonds is 3. The van der Waals surface area contributed by atoms with Crippen LogP contribution in [0.2, 0.25) is 0 Å². The molecular formula is C13H16O. The standard InChI is InChI=1S/C13H16O/c1-10(9-14)8-11-2-4-12(5-3-11)13-6-7-13/h2-5,8,13-14H,6-7,9H2,1H3/b10-8-. The molecule has 0 saturated heterocycles. The number of aliphatic hydroxyl groups is 1. The van der Waals surface area contributed by atoms with Gasteiger partial charge in [0.05, 0.1) is 6.61 Å². The zero-order valence-corrected chi connectivity index (χ0v) is 8.53. The second-order valence-electron chi connectivity index (χ2n) is 4.09. The first-order valence-corrected chi connectivity index (χ1v) is 5.17. The van der Waals surface area contributed by atoms with Crippen molar-refractivity contribution in [2.75, 3.05) is 6.61 Å². The molecule has 0 unspecified atom stereocenters. The van der Waals surface area contributed by atoms with E-state index in [1.165, 1.54) is 24.0 Å². The first-order chi connectivity index (χ1) is 6.79. The van der Waals surface area contributed by atoms with E-state index in [9.17, 15) is 0 Å². The highest BCUT2D eigenvalue weighted by molar-refractivity contribution is 5.53. The summed E-state index contributed by atoms with van der Waals surface area (Å²) in [5.41, 5.74) is 3.65. The maximum Gasteiger partial charge on any atom is 0.0642 e. The lowest BCUT2D eigenvalue weighted by atomic mass is 10.1. The highest BCUT2D eigenvalue weighted by Crippen LogP contribution is 2.39. The lowest BCUT2D eigenvalue weighted by Gasteiger charge is -2.00. The van der Waals surface area contributed by atoms with E-state index in [0.29, 0.717) is 0 Å². The monoisotopic (exact) mass is 188 g/mol. The average Bonchev–Trinajstić information content (AvgIpc) is 3.02. The van der Waals surface area contributed by atoms with Crippen molar-refractivity contribution in [2.45, 2.75) is 25.7 Å². The molecule has 14 heavy (non-hydrogen) atoms. The molecule has 0 atom stereocenters. The van der Waals surface area contributed by atoms with Crippen molar-refractivity contribution >= 4 is 6.08 Å². The fraction of sp³-hybridized carbons (Fsp3) is 0.385. The molecule has 1 aromatic carbocycles. The predicted octanol–water partition coefficient (Wildman–Crippen LogP) is 2.96. The van der Waals surface area contributed by atoms with Gasteiger partial charge < -0.3 is 5.11 Å². The van der Waals surface area contributed by atoms with E-state index in [1.54, 1.807) is 0 Å². The van der Waals surface area contributed by atoms with Crippen LogP contribution in [0.5, 0.6) is 0 Å². The molecule has 2 rings (SSSR count). The lowest BCUT2D eigenvalue weighted by molar-refractivity contribution is 0.332. The lowest BCUT2D eigenvalue weighted by Crippen LogP contribution is -1.84. The smallest absolute Gasteiger partial charge is 0.0642 e. The molecule has 1 aliphatic rings. The van der Waals surface area contributed by atoms with Gasteiger partial charge in [0.15, 0.2) is 0 Å². The Bertz CT molecular complexity index is 331. The third-order valence-electron chi connectivity index (χ3n) is 2.65. The van der Waals surface area contributed by atoms with Crippen molar-refractivity contribution in [2.24, 2.45) is 0 Å². The molecule has 0 radical (unpaired) electrons. The second-order valence-corrected chi connectivity index (χ2v) is 4.09. The van der Waals surface area contributed by atoms with Gasteiger partial charge in [-0.25, -0.2) is 0 Å². The van der Waals surface area contributed by atoms with Gasteiger partial charge in [-0.2, -0.15) is 0 Å². The van der Waals surface area contributed by atoms with Crippen LogP contribution in [0.4, 0.5) is 0 Å². The quantitative estimate of drug-likeness (QED) is 0.773. The van der Waals surface area contributed by atoms with Gasteiger partial charge in [-0.1, -0.05) is 30.3 Å². The van der Waals surface area contributed by atoms with Crippen molar-refractivity contribution < 1.29 is 5.11 Å². The van der Waals surface area contributed by atoms with Gasteiger partial charge in [-0.15, -0.1) is 0 Å². The molecule has 1 fully saturated rings. The number of aliphatic hydroxyl groups excluding tert-OH is 1. The molecule has 1 N–H and O–H groups in total. The first kappa shape index (κ1) is 9.47. The Morgan fingerprint density at radius 1 is 1.36 bits per heavy atom. The molecule has 1 aromatic rings. The maximum atomic E-state index is 8.88. The van der Waals surface area contributed by atoms with E-state index in [-0.39, 0.29) is 6.61 Å². The molecule has 0 aromatic heterocycles. The van der Waals surface area contributed by atoms with E-state index in [1.807, 2.05) is 13.0 Å². The molecule has 0 heterocycles. The minimum absolute atomic E-state index is 0.143. The Balaban J connectivity index is 2.13. The van der Waals surface area contributed by atoms with Crippen LogP contribution < -0.4 is 0 Å². The van der Waals surface area contributed by atoms with Crippen LogP contribution in [-0.4, -0.2) is 11.7 Å². The SMILES string of the molecule is C/C(=C/c1ccc(C2CC2)cc1)CO. The van der Waals surface area contributed by atoms with Crippen LogP contribution in [0.25, 0.3) is 6.08 Å². The summed E-state index contributed by atoms with van der Waals surface area (Å²) in [6, 6.07) is 8.67. The Kier molecular flexibility index (Phi) is 2.69. The second kappa shape index (κ2) is 3.97. The van der Waals surface area contributed by atoms with E-state index in [0.717, 1.165) is 11.5 Å². The first-order valence-electron chi connectivity index (χ1n) is 5.17. The van der Waals surface area contributed by atoms with Crippen molar-refractivity contribution in [3.05, 3.63) is 41.0 Å². The van der Waals surface area contributed by atoms with Gasteiger partial charge in [0.1, 0.15) is 0 Å². The molecule has 0 spiro atoms. The summed E-state index contributed by atoms with van der Waals surface area (Å²) in [4.78, 5) is 0. The molecule has 1 aliphatic carbocycles.